The molecule has 0 atom stereocenters. The van der Waals surface area contributed by atoms with Crippen LogP contribution in [0.3, 0.4) is 0 Å². The van der Waals surface area contributed by atoms with E-state index in [9.17, 15) is 9.59 Å². The zero-order valence-electron chi connectivity index (χ0n) is 9.90. The first-order valence-electron chi connectivity index (χ1n) is 5.34. The lowest BCUT2D eigenvalue weighted by molar-refractivity contribution is -0.142. The molecule has 1 amide bonds. The van der Waals surface area contributed by atoms with Crippen LogP contribution in [0.4, 0.5) is 0 Å². The number of carboxylic acid groups (broad SMARTS) is 1. The fourth-order valence-corrected chi connectivity index (χ4v) is 1.62. The first kappa shape index (κ1) is 14.5. The van der Waals surface area contributed by atoms with Crippen molar-refractivity contribution in [2.75, 3.05) is 19.8 Å². The van der Waals surface area contributed by atoms with Crippen molar-refractivity contribution in [3.05, 3.63) is 34.3 Å². The number of hydrogen-bond donors (Lipinski definition) is 2. The zero-order chi connectivity index (χ0) is 13.5. The maximum Gasteiger partial charge on any atom is 0.329 e. The summed E-state index contributed by atoms with van der Waals surface area (Å²) in [5.74, 6) is -1.35. The molecule has 0 aliphatic rings. The predicted octanol–water partition coefficient (Wildman–Crippen LogP) is 1.48. The van der Waals surface area contributed by atoms with Crippen molar-refractivity contribution in [2.45, 2.75) is 6.92 Å². The summed E-state index contributed by atoms with van der Waals surface area (Å²) < 4.78 is 4.78. The zero-order valence-corrected chi connectivity index (χ0v) is 10.7. The minimum absolute atomic E-state index is 0.140. The highest BCUT2D eigenvalue weighted by atomic mass is 35.5. The molecule has 0 heterocycles. The van der Waals surface area contributed by atoms with E-state index in [0.29, 0.717) is 10.6 Å². The summed E-state index contributed by atoms with van der Waals surface area (Å²) in [6.45, 7) is 1.88. The topological polar surface area (TPSA) is 75.6 Å². The Labute approximate surface area is 110 Å². The van der Waals surface area contributed by atoms with E-state index in [-0.39, 0.29) is 25.7 Å². The molecule has 0 aliphatic carbocycles. The first-order chi connectivity index (χ1) is 8.50. The van der Waals surface area contributed by atoms with Crippen LogP contribution in [0, 0.1) is 6.92 Å². The summed E-state index contributed by atoms with van der Waals surface area (Å²) in [4.78, 5) is 21.9. The Hall–Kier alpha value is -1.59. The minimum atomic E-state index is -1.04. The van der Waals surface area contributed by atoms with E-state index in [1.807, 2.05) is 6.92 Å². The highest BCUT2D eigenvalue weighted by Crippen LogP contribution is 2.17. The predicted molar refractivity (Wildman–Crippen MR) is 67.0 cm³/mol. The van der Waals surface area contributed by atoms with Crippen LogP contribution < -0.4 is 5.32 Å². The van der Waals surface area contributed by atoms with Gasteiger partial charge in [0.2, 0.25) is 0 Å². The van der Waals surface area contributed by atoms with E-state index in [0.717, 1.165) is 5.56 Å². The molecular formula is C12H14ClNO4. The molecule has 1 aromatic rings. The molecule has 0 radical (unpaired) electrons. The third-order valence-corrected chi connectivity index (χ3v) is 2.44. The molecule has 0 aromatic heterocycles. The van der Waals surface area contributed by atoms with Crippen molar-refractivity contribution >= 4 is 23.5 Å². The van der Waals surface area contributed by atoms with E-state index >= 15 is 0 Å². The SMILES string of the molecule is Cc1ccc(C(=O)NCCOCC(=O)O)c(Cl)c1. The molecule has 5 nitrogen and oxygen atoms in total. The van der Waals surface area contributed by atoms with Gasteiger partial charge >= 0.3 is 5.97 Å². The third-order valence-electron chi connectivity index (χ3n) is 2.13. The number of aliphatic carboxylic acids is 1. The Morgan fingerprint density at radius 3 is 2.78 bits per heavy atom. The summed E-state index contributed by atoms with van der Waals surface area (Å²) in [5, 5.41) is 11.3. The lowest BCUT2D eigenvalue weighted by Crippen LogP contribution is -2.28. The average molecular weight is 272 g/mol. The maximum atomic E-state index is 11.7. The van der Waals surface area contributed by atoms with Crippen LogP contribution in [0.15, 0.2) is 18.2 Å². The van der Waals surface area contributed by atoms with Crippen molar-refractivity contribution in [1.29, 1.82) is 0 Å². The molecule has 0 spiro atoms. The number of aryl methyl sites for hydroxylation is 1. The summed E-state index contributed by atoms with van der Waals surface area (Å²) in [7, 11) is 0. The quantitative estimate of drug-likeness (QED) is 0.769. The smallest absolute Gasteiger partial charge is 0.329 e. The van der Waals surface area contributed by atoms with Crippen molar-refractivity contribution in [1.82, 2.24) is 5.32 Å². The van der Waals surface area contributed by atoms with Crippen molar-refractivity contribution < 1.29 is 19.4 Å². The number of rotatable bonds is 6. The van der Waals surface area contributed by atoms with Gasteiger partial charge in [-0.25, -0.2) is 4.79 Å². The number of amides is 1. The third kappa shape index (κ3) is 4.73. The fourth-order valence-electron chi connectivity index (χ4n) is 1.30. The highest BCUT2D eigenvalue weighted by Gasteiger charge is 2.09. The normalized spacial score (nSPS) is 10.1. The number of hydrogen-bond acceptors (Lipinski definition) is 3. The van der Waals surface area contributed by atoms with E-state index in [1.165, 1.54) is 0 Å². The number of nitrogens with one attached hydrogen (secondary N) is 1. The Balaban J connectivity index is 2.39. The molecule has 0 fully saturated rings. The van der Waals surface area contributed by atoms with Crippen molar-refractivity contribution in [3.63, 3.8) is 0 Å². The van der Waals surface area contributed by atoms with Gasteiger partial charge in [0.1, 0.15) is 6.61 Å². The summed E-state index contributed by atoms with van der Waals surface area (Å²) in [6, 6.07) is 5.14. The lowest BCUT2D eigenvalue weighted by Gasteiger charge is -2.07. The van der Waals surface area contributed by atoms with Crippen LogP contribution in [-0.4, -0.2) is 36.7 Å². The number of carbonyl (C=O) groups excluding carboxylic acids is 1. The van der Waals surface area contributed by atoms with Crippen molar-refractivity contribution in [3.8, 4) is 0 Å². The molecule has 1 aromatic carbocycles. The lowest BCUT2D eigenvalue weighted by atomic mass is 10.1. The molecule has 98 valence electrons. The van der Waals surface area contributed by atoms with Gasteiger partial charge in [-0.2, -0.15) is 0 Å². The van der Waals surface area contributed by atoms with E-state index in [4.69, 9.17) is 21.4 Å². The van der Waals surface area contributed by atoms with Crippen LogP contribution >= 0.6 is 11.6 Å². The Kier molecular flexibility index (Phi) is 5.61. The summed E-state index contributed by atoms with van der Waals surface area (Å²) in [6.07, 6.45) is 0. The van der Waals surface area contributed by atoms with Crippen molar-refractivity contribution in [2.24, 2.45) is 0 Å². The molecule has 1 rings (SSSR count). The van der Waals surface area contributed by atoms with Gasteiger partial charge in [0.05, 0.1) is 17.2 Å². The van der Waals surface area contributed by atoms with Gasteiger partial charge < -0.3 is 15.2 Å². The Morgan fingerprint density at radius 2 is 2.17 bits per heavy atom. The number of halogens is 1. The fraction of sp³-hybridized carbons (Fsp3) is 0.333. The van der Waals surface area contributed by atoms with Crippen LogP contribution in [-0.2, 0) is 9.53 Å². The summed E-state index contributed by atoms with van der Waals surface area (Å²) in [5.41, 5.74) is 1.36. The average Bonchev–Trinajstić information content (AvgIpc) is 2.27. The van der Waals surface area contributed by atoms with Gasteiger partial charge in [-0.3, -0.25) is 4.79 Å². The second-order valence-corrected chi connectivity index (χ2v) is 4.09. The minimum Gasteiger partial charge on any atom is -0.480 e. The monoisotopic (exact) mass is 271 g/mol. The van der Waals surface area contributed by atoms with Gasteiger partial charge in [-0.15, -0.1) is 0 Å². The van der Waals surface area contributed by atoms with Crippen LogP contribution in [0.25, 0.3) is 0 Å². The maximum absolute atomic E-state index is 11.7. The van der Waals surface area contributed by atoms with Gasteiger partial charge in [0, 0.05) is 6.54 Å². The molecule has 18 heavy (non-hydrogen) atoms. The molecule has 2 N–H and O–H groups in total. The van der Waals surface area contributed by atoms with Crippen LogP contribution in [0.2, 0.25) is 5.02 Å². The molecule has 0 unspecified atom stereocenters. The molecule has 0 aliphatic heterocycles. The van der Waals surface area contributed by atoms with E-state index in [1.54, 1.807) is 18.2 Å². The molecule has 0 saturated heterocycles. The molecule has 6 heteroatoms. The largest absolute Gasteiger partial charge is 0.480 e. The van der Waals surface area contributed by atoms with E-state index in [2.05, 4.69) is 5.32 Å². The second kappa shape index (κ2) is 6.98. The Morgan fingerprint density at radius 1 is 1.44 bits per heavy atom. The number of ether oxygens (including phenoxy) is 1. The number of carbonyl (C=O) groups is 2. The van der Waals surface area contributed by atoms with Gasteiger partial charge in [0.25, 0.3) is 5.91 Å². The van der Waals surface area contributed by atoms with Gasteiger partial charge in [-0.1, -0.05) is 17.7 Å². The number of benzene rings is 1. The number of carboxylic acids is 1. The van der Waals surface area contributed by atoms with E-state index < -0.39 is 5.97 Å². The van der Waals surface area contributed by atoms with Crippen LogP contribution in [0.5, 0.6) is 0 Å². The van der Waals surface area contributed by atoms with Gasteiger partial charge in [-0.05, 0) is 24.6 Å². The van der Waals surface area contributed by atoms with Gasteiger partial charge in [0.15, 0.2) is 0 Å². The summed E-state index contributed by atoms with van der Waals surface area (Å²) >= 11 is 5.94. The molecule has 0 bridgehead atoms. The first-order valence-corrected chi connectivity index (χ1v) is 5.72. The molecule has 0 saturated carbocycles. The second-order valence-electron chi connectivity index (χ2n) is 3.69. The Bertz CT molecular complexity index is 448. The highest BCUT2D eigenvalue weighted by molar-refractivity contribution is 6.33. The van der Waals surface area contributed by atoms with Crippen LogP contribution in [0.1, 0.15) is 15.9 Å². The molecular weight excluding hydrogens is 258 g/mol. The standard InChI is InChI=1S/C12H14ClNO4/c1-8-2-3-9(10(13)6-8)12(17)14-4-5-18-7-11(15)16/h2-3,6H,4-5,7H2,1H3,(H,14,17)(H,15,16).